The minimum atomic E-state index is -0.328. The second kappa shape index (κ2) is 2.99. The number of benzene rings is 1. The summed E-state index contributed by atoms with van der Waals surface area (Å²) >= 11 is 5.56. The molecule has 2 nitrogen and oxygen atoms in total. The number of halogens is 1. The summed E-state index contributed by atoms with van der Waals surface area (Å²) in [6, 6.07) is 7.60. The molecule has 0 radical (unpaired) electrons. The average molecular weight is 210 g/mol. The van der Waals surface area contributed by atoms with Gasteiger partial charge in [-0.25, -0.2) is 0 Å². The molecule has 14 heavy (non-hydrogen) atoms. The van der Waals surface area contributed by atoms with E-state index in [4.69, 9.17) is 11.6 Å². The highest BCUT2D eigenvalue weighted by Crippen LogP contribution is 2.41. The van der Waals surface area contributed by atoms with Crippen molar-refractivity contribution in [3.8, 4) is 0 Å². The maximum atomic E-state index is 11.2. The summed E-state index contributed by atoms with van der Waals surface area (Å²) in [5.74, 6) is 0. The van der Waals surface area contributed by atoms with Crippen molar-refractivity contribution < 1.29 is 4.79 Å². The molecule has 0 spiro atoms. The standard InChI is InChI=1S/C11H12ClNO/c1-11(2)7-5-3-4-6-8(7)13-9(11)10(12)14/h3-6,9,13H,1-2H3. The number of rotatable bonds is 1. The van der Waals surface area contributed by atoms with Gasteiger partial charge >= 0.3 is 0 Å². The molecule has 0 amide bonds. The summed E-state index contributed by atoms with van der Waals surface area (Å²) in [5.41, 5.74) is 1.94. The number of hydrogen-bond donors (Lipinski definition) is 1. The van der Waals surface area contributed by atoms with Crippen LogP contribution in [0, 0.1) is 0 Å². The quantitative estimate of drug-likeness (QED) is 0.721. The molecule has 0 saturated heterocycles. The first kappa shape index (κ1) is 9.53. The Hall–Kier alpha value is -1.02. The van der Waals surface area contributed by atoms with Crippen LogP contribution in [0.5, 0.6) is 0 Å². The molecule has 3 heteroatoms. The molecule has 1 aliphatic rings. The third kappa shape index (κ3) is 1.22. The van der Waals surface area contributed by atoms with Crippen molar-refractivity contribution in [3.63, 3.8) is 0 Å². The van der Waals surface area contributed by atoms with Gasteiger partial charge in [0.15, 0.2) is 0 Å². The van der Waals surface area contributed by atoms with Crippen molar-refractivity contribution in [2.75, 3.05) is 5.32 Å². The second-order valence-corrected chi connectivity index (χ2v) is 4.52. The Kier molecular flexibility index (Phi) is 2.04. The van der Waals surface area contributed by atoms with Gasteiger partial charge in [0.05, 0.1) is 0 Å². The van der Waals surface area contributed by atoms with Gasteiger partial charge in [0.2, 0.25) is 5.24 Å². The first-order chi connectivity index (χ1) is 6.53. The Morgan fingerprint density at radius 1 is 1.43 bits per heavy atom. The fourth-order valence-electron chi connectivity index (χ4n) is 2.00. The fourth-order valence-corrected chi connectivity index (χ4v) is 2.33. The van der Waals surface area contributed by atoms with Crippen LogP contribution in [-0.4, -0.2) is 11.3 Å². The highest BCUT2D eigenvalue weighted by molar-refractivity contribution is 6.65. The van der Waals surface area contributed by atoms with Crippen molar-refractivity contribution >= 4 is 22.5 Å². The summed E-state index contributed by atoms with van der Waals surface area (Å²) in [7, 11) is 0. The van der Waals surface area contributed by atoms with Crippen molar-refractivity contribution in [3.05, 3.63) is 29.8 Å². The molecule has 1 unspecified atom stereocenters. The van der Waals surface area contributed by atoms with Crippen molar-refractivity contribution in [2.45, 2.75) is 25.3 Å². The van der Waals surface area contributed by atoms with E-state index in [2.05, 4.69) is 5.32 Å². The molecule has 0 aliphatic carbocycles. The highest BCUT2D eigenvalue weighted by atomic mass is 35.5. The minimum Gasteiger partial charge on any atom is -0.373 e. The van der Waals surface area contributed by atoms with E-state index in [1.165, 1.54) is 0 Å². The minimum absolute atomic E-state index is 0.227. The molecule has 0 aromatic heterocycles. The average Bonchev–Trinajstić information content (AvgIpc) is 2.39. The molecule has 0 bridgehead atoms. The normalized spacial score (nSPS) is 22.6. The predicted octanol–water partition coefficient (Wildman–Crippen LogP) is 2.52. The van der Waals surface area contributed by atoms with Gasteiger partial charge in [0.1, 0.15) is 6.04 Å². The van der Waals surface area contributed by atoms with E-state index in [1.807, 2.05) is 38.1 Å². The van der Waals surface area contributed by atoms with E-state index >= 15 is 0 Å². The van der Waals surface area contributed by atoms with Crippen molar-refractivity contribution in [1.82, 2.24) is 0 Å². The Balaban J connectivity index is 2.50. The van der Waals surface area contributed by atoms with Gasteiger partial charge in [0, 0.05) is 11.1 Å². The predicted molar refractivity (Wildman–Crippen MR) is 57.7 cm³/mol. The zero-order valence-electron chi connectivity index (χ0n) is 8.17. The van der Waals surface area contributed by atoms with Crippen LogP contribution < -0.4 is 5.32 Å². The smallest absolute Gasteiger partial charge is 0.244 e. The van der Waals surface area contributed by atoms with E-state index in [9.17, 15) is 4.79 Å². The lowest BCUT2D eigenvalue weighted by molar-refractivity contribution is -0.113. The number of anilines is 1. The van der Waals surface area contributed by atoms with Crippen LogP contribution >= 0.6 is 11.6 Å². The Labute approximate surface area is 88.3 Å². The Bertz CT molecular complexity index is 387. The van der Waals surface area contributed by atoms with E-state index in [-0.39, 0.29) is 16.7 Å². The topological polar surface area (TPSA) is 29.1 Å². The second-order valence-electron chi connectivity index (χ2n) is 4.15. The molecular weight excluding hydrogens is 198 g/mol. The third-order valence-corrected chi connectivity index (χ3v) is 3.09. The van der Waals surface area contributed by atoms with E-state index in [0.717, 1.165) is 11.3 Å². The molecular formula is C11H12ClNO. The summed E-state index contributed by atoms with van der Waals surface area (Å²) in [4.78, 5) is 11.2. The lowest BCUT2D eigenvalue weighted by Crippen LogP contribution is -2.38. The van der Waals surface area contributed by atoms with Gasteiger partial charge in [0.25, 0.3) is 0 Å². The monoisotopic (exact) mass is 209 g/mol. The molecule has 1 heterocycles. The Morgan fingerprint density at radius 2 is 2.07 bits per heavy atom. The lowest BCUT2D eigenvalue weighted by atomic mass is 9.81. The van der Waals surface area contributed by atoms with Crippen molar-refractivity contribution in [2.24, 2.45) is 0 Å². The highest BCUT2D eigenvalue weighted by Gasteiger charge is 2.42. The Morgan fingerprint density at radius 3 is 2.64 bits per heavy atom. The third-order valence-electron chi connectivity index (χ3n) is 2.87. The molecule has 1 aromatic rings. The summed E-state index contributed by atoms with van der Waals surface area (Å²) in [6.45, 7) is 4.05. The SMILES string of the molecule is CC1(C)c2ccccc2NC1C(=O)Cl. The van der Waals surface area contributed by atoms with Gasteiger partial charge in [-0.15, -0.1) is 0 Å². The van der Waals surface area contributed by atoms with Crippen LogP contribution in [0.2, 0.25) is 0 Å². The van der Waals surface area contributed by atoms with Gasteiger partial charge in [-0.3, -0.25) is 4.79 Å². The van der Waals surface area contributed by atoms with Crippen LogP contribution in [0.25, 0.3) is 0 Å². The van der Waals surface area contributed by atoms with Gasteiger partial charge in [-0.2, -0.15) is 0 Å². The first-order valence-corrected chi connectivity index (χ1v) is 4.96. The van der Waals surface area contributed by atoms with E-state index in [1.54, 1.807) is 0 Å². The first-order valence-electron chi connectivity index (χ1n) is 4.59. The van der Waals surface area contributed by atoms with E-state index in [0.29, 0.717) is 0 Å². The number of hydrogen-bond acceptors (Lipinski definition) is 2. The molecule has 2 rings (SSSR count). The largest absolute Gasteiger partial charge is 0.373 e. The number of carbonyl (C=O) groups excluding carboxylic acids is 1. The van der Waals surface area contributed by atoms with Crippen LogP contribution in [-0.2, 0) is 10.2 Å². The summed E-state index contributed by atoms with van der Waals surface area (Å²) in [5, 5.41) is 2.82. The van der Waals surface area contributed by atoms with Crippen LogP contribution in [0.4, 0.5) is 5.69 Å². The van der Waals surface area contributed by atoms with Crippen LogP contribution in [0.3, 0.4) is 0 Å². The number of fused-ring (bicyclic) bond motifs is 1. The maximum absolute atomic E-state index is 11.2. The van der Waals surface area contributed by atoms with E-state index < -0.39 is 0 Å². The van der Waals surface area contributed by atoms with Crippen molar-refractivity contribution in [1.29, 1.82) is 0 Å². The van der Waals surface area contributed by atoms with Crippen LogP contribution in [0.1, 0.15) is 19.4 Å². The zero-order chi connectivity index (χ0) is 10.3. The van der Waals surface area contributed by atoms with Gasteiger partial charge < -0.3 is 5.32 Å². The maximum Gasteiger partial charge on any atom is 0.244 e. The molecule has 74 valence electrons. The van der Waals surface area contributed by atoms with Gasteiger partial charge in [-0.05, 0) is 23.2 Å². The molecule has 1 atom stereocenters. The number of nitrogens with one attached hydrogen (secondary N) is 1. The lowest BCUT2D eigenvalue weighted by Gasteiger charge is -2.24. The molecule has 0 saturated carbocycles. The molecule has 0 fully saturated rings. The molecule has 1 aromatic carbocycles. The number of para-hydroxylation sites is 1. The molecule has 1 aliphatic heterocycles. The van der Waals surface area contributed by atoms with Crippen LogP contribution in [0.15, 0.2) is 24.3 Å². The zero-order valence-corrected chi connectivity index (χ0v) is 8.93. The summed E-state index contributed by atoms with van der Waals surface area (Å²) in [6.07, 6.45) is 0. The fraction of sp³-hybridized carbons (Fsp3) is 0.364. The van der Waals surface area contributed by atoms with Gasteiger partial charge in [-0.1, -0.05) is 32.0 Å². The molecule has 1 N–H and O–H groups in total. The number of carbonyl (C=O) groups is 1. The summed E-state index contributed by atoms with van der Waals surface area (Å²) < 4.78 is 0.